The lowest BCUT2D eigenvalue weighted by atomic mass is 10.0. The number of ether oxygens (including phenoxy) is 2. The molecule has 1 aliphatic rings. The molecular formula is C23H25N5O4S. The molecule has 9 nitrogen and oxygen atoms in total. The summed E-state index contributed by atoms with van der Waals surface area (Å²) in [4.78, 5) is 24.7. The molecule has 3 aromatic rings. The summed E-state index contributed by atoms with van der Waals surface area (Å²) < 4.78 is 27.0. The van der Waals surface area contributed by atoms with E-state index in [0.717, 1.165) is 35.3 Å². The van der Waals surface area contributed by atoms with E-state index in [1.807, 2.05) is 36.4 Å². The maximum Gasteiger partial charge on any atom is 0.441 e. The van der Waals surface area contributed by atoms with Crippen molar-refractivity contribution in [2.24, 2.45) is 4.36 Å². The second kappa shape index (κ2) is 9.95. The lowest BCUT2D eigenvalue weighted by Crippen LogP contribution is -2.10. The molecule has 1 atom stereocenters. The normalized spacial score (nSPS) is 14.4. The fourth-order valence-electron chi connectivity index (χ4n) is 3.57. The summed E-state index contributed by atoms with van der Waals surface area (Å²) >= 11 is 0. The number of amides is 1. The average molecular weight is 468 g/mol. The highest BCUT2D eigenvalue weighted by atomic mass is 32.2. The number of para-hydroxylation sites is 1. The van der Waals surface area contributed by atoms with Crippen LogP contribution in [0, 0.1) is 0 Å². The van der Waals surface area contributed by atoms with E-state index >= 15 is 0 Å². The molecule has 0 aliphatic carbocycles. The Morgan fingerprint density at radius 2 is 2.09 bits per heavy atom. The third-order valence-electron chi connectivity index (χ3n) is 4.90. The maximum absolute atomic E-state index is 12.7. The van der Waals surface area contributed by atoms with Crippen LogP contribution in [-0.4, -0.2) is 44.7 Å². The summed E-state index contributed by atoms with van der Waals surface area (Å²) in [6.45, 7) is 2.53. The van der Waals surface area contributed by atoms with Crippen LogP contribution < -0.4 is 10.1 Å². The summed E-state index contributed by atoms with van der Waals surface area (Å²) in [5, 5.41) is 3.16. The molecule has 2 heterocycles. The van der Waals surface area contributed by atoms with Crippen molar-refractivity contribution in [1.82, 2.24) is 15.0 Å². The van der Waals surface area contributed by atoms with Crippen molar-refractivity contribution < 1.29 is 18.5 Å². The van der Waals surface area contributed by atoms with Crippen LogP contribution in [0.25, 0.3) is 11.4 Å². The fraction of sp³-hybridized carbons (Fsp3) is 0.304. The standard InChI is InChI=1S/C23H25N5O4S/c1-3-31-23(29)28-33(2,30)14-16-7-4-10-18(13-16)26-22-25-15-24-21(27-22)19-11-5-8-17-9-6-12-32-20(17)19/h4-5,7-8,10-11,13,15H,3,6,9,12,14H2,1-2H3,(H,24,25,26,27). The van der Waals surface area contributed by atoms with Gasteiger partial charge < -0.3 is 14.8 Å². The Labute approximate surface area is 192 Å². The molecule has 4 rings (SSSR count). The van der Waals surface area contributed by atoms with Gasteiger partial charge in [0.15, 0.2) is 5.82 Å². The highest BCUT2D eigenvalue weighted by Crippen LogP contribution is 2.34. The minimum atomic E-state index is -2.78. The fourth-order valence-corrected chi connectivity index (χ4v) is 4.80. The summed E-state index contributed by atoms with van der Waals surface area (Å²) in [7, 11) is -2.78. The highest BCUT2D eigenvalue weighted by Gasteiger charge is 2.17. The van der Waals surface area contributed by atoms with Gasteiger partial charge in [0.25, 0.3) is 0 Å². The molecule has 0 fully saturated rings. The van der Waals surface area contributed by atoms with Crippen LogP contribution in [-0.2, 0) is 26.6 Å². The quantitative estimate of drug-likeness (QED) is 0.568. The molecule has 10 heteroatoms. The molecule has 1 unspecified atom stereocenters. The number of benzene rings is 2. The Bertz CT molecular complexity index is 1290. The number of fused-ring (bicyclic) bond motifs is 1. The molecule has 172 valence electrons. The van der Waals surface area contributed by atoms with Gasteiger partial charge in [0.1, 0.15) is 12.1 Å². The monoisotopic (exact) mass is 467 g/mol. The van der Waals surface area contributed by atoms with Crippen LogP contribution in [0.2, 0.25) is 0 Å². The van der Waals surface area contributed by atoms with E-state index in [1.165, 1.54) is 12.6 Å². The molecule has 0 spiro atoms. The minimum absolute atomic E-state index is 0.108. The first-order valence-corrected chi connectivity index (χ1v) is 12.7. The van der Waals surface area contributed by atoms with Gasteiger partial charge in [-0.05, 0) is 49.1 Å². The van der Waals surface area contributed by atoms with E-state index in [0.29, 0.717) is 24.1 Å². The van der Waals surface area contributed by atoms with E-state index in [4.69, 9.17) is 9.47 Å². The van der Waals surface area contributed by atoms with Crippen LogP contribution in [0.5, 0.6) is 5.75 Å². The van der Waals surface area contributed by atoms with E-state index in [9.17, 15) is 9.00 Å². The Balaban J connectivity index is 1.54. The predicted molar refractivity (Wildman–Crippen MR) is 126 cm³/mol. The summed E-state index contributed by atoms with van der Waals surface area (Å²) in [5.41, 5.74) is 3.44. The van der Waals surface area contributed by atoms with Crippen LogP contribution in [0.4, 0.5) is 16.4 Å². The molecule has 1 amide bonds. The van der Waals surface area contributed by atoms with Gasteiger partial charge in [0.05, 0.1) is 34.3 Å². The molecule has 0 bridgehead atoms. The van der Waals surface area contributed by atoms with Crippen molar-refractivity contribution in [3.8, 4) is 17.1 Å². The Morgan fingerprint density at radius 1 is 1.24 bits per heavy atom. The van der Waals surface area contributed by atoms with E-state index in [1.54, 1.807) is 6.92 Å². The third-order valence-corrected chi connectivity index (χ3v) is 6.30. The minimum Gasteiger partial charge on any atom is -0.493 e. The topological polar surface area (TPSA) is 116 Å². The number of aromatic nitrogens is 3. The predicted octanol–water partition coefficient (Wildman–Crippen LogP) is 4.36. The molecule has 0 saturated carbocycles. The SMILES string of the molecule is CCOC(=O)N=S(C)(=O)Cc1cccc(Nc2ncnc(-c3cccc4c3OCCC4)n2)c1. The van der Waals surface area contributed by atoms with Crippen molar-refractivity contribution in [2.45, 2.75) is 25.5 Å². The number of carbonyl (C=O) groups is 1. The van der Waals surface area contributed by atoms with Gasteiger partial charge in [-0.2, -0.15) is 4.98 Å². The average Bonchev–Trinajstić information content (AvgIpc) is 2.78. The van der Waals surface area contributed by atoms with Gasteiger partial charge in [-0.1, -0.05) is 24.3 Å². The second-order valence-electron chi connectivity index (χ2n) is 7.60. The molecule has 1 N–H and O–H groups in total. The smallest absolute Gasteiger partial charge is 0.441 e. The zero-order valence-electron chi connectivity index (χ0n) is 18.5. The van der Waals surface area contributed by atoms with Gasteiger partial charge in [-0.15, -0.1) is 4.36 Å². The van der Waals surface area contributed by atoms with Gasteiger partial charge in [-0.3, -0.25) is 0 Å². The summed E-state index contributed by atoms with van der Waals surface area (Å²) in [6, 6.07) is 13.3. The number of nitrogens with zero attached hydrogens (tertiary/aromatic N) is 4. The van der Waals surface area contributed by atoms with Gasteiger partial charge in [-0.25, -0.2) is 19.0 Å². The number of anilines is 2. The Hall–Kier alpha value is -3.53. The van der Waals surface area contributed by atoms with Crippen molar-refractivity contribution in [3.05, 3.63) is 59.9 Å². The van der Waals surface area contributed by atoms with Crippen molar-refractivity contribution >= 4 is 27.5 Å². The molecule has 1 aromatic heterocycles. The maximum atomic E-state index is 12.7. The third kappa shape index (κ3) is 5.83. The van der Waals surface area contributed by atoms with Gasteiger partial charge >= 0.3 is 6.09 Å². The number of nitrogens with one attached hydrogen (secondary N) is 1. The Kier molecular flexibility index (Phi) is 6.83. The highest BCUT2D eigenvalue weighted by molar-refractivity contribution is 7.92. The van der Waals surface area contributed by atoms with E-state index in [-0.39, 0.29) is 12.4 Å². The van der Waals surface area contributed by atoms with Crippen molar-refractivity contribution in [3.63, 3.8) is 0 Å². The van der Waals surface area contributed by atoms with Crippen molar-refractivity contribution in [2.75, 3.05) is 24.8 Å². The molecular weight excluding hydrogens is 442 g/mol. The summed E-state index contributed by atoms with van der Waals surface area (Å²) in [5.74, 6) is 1.83. The molecule has 0 saturated heterocycles. The zero-order chi connectivity index (χ0) is 23.3. The number of hydrogen-bond acceptors (Lipinski definition) is 8. The van der Waals surface area contributed by atoms with Crippen LogP contribution >= 0.6 is 0 Å². The van der Waals surface area contributed by atoms with Crippen LogP contribution in [0.3, 0.4) is 0 Å². The first-order chi connectivity index (χ1) is 15.9. The van der Waals surface area contributed by atoms with E-state index < -0.39 is 15.8 Å². The number of carbonyl (C=O) groups excluding carboxylic acids is 1. The van der Waals surface area contributed by atoms with Crippen LogP contribution in [0.15, 0.2) is 53.2 Å². The molecule has 2 aromatic carbocycles. The number of aryl methyl sites for hydroxylation is 1. The Morgan fingerprint density at radius 3 is 2.94 bits per heavy atom. The van der Waals surface area contributed by atoms with Gasteiger partial charge in [0, 0.05) is 11.9 Å². The summed E-state index contributed by atoms with van der Waals surface area (Å²) in [6.07, 6.45) is 4.03. The van der Waals surface area contributed by atoms with Crippen LogP contribution in [0.1, 0.15) is 24.5 Å². The molecule has 1 aliphatic heterocycles. The van der Waals surface area contributed by atoms with Crippen molar-refractivity contribution in [1.29, 1.82) is 0 Å². The first kappa shape index (κ1) is 22.7. The molecule has 33 heavy (non-hydrogen) atoms. The lowest BCUT2D eigenvalue weighted by molar-refractivity contribution is 0.164. The van der Waals surface area contributed by atoms with E-state index in [2.05, 4.69) is 30.7 Å². The zero-order valence-corrected chi connectivity index (χ0v) is 19.3. The first-order valence-electron chi connectivity index (χ1n) is 10.6. The number of hydrogen-bond donors (Lipinski definition) is 1. The number of rotatable bonds is 6. The largest absolute Gasteiger partial charge is 0.493 e. The van der Waals surface area contributed by atoms with Gasteiger partial charge in [0.2, 0.25) is 5.95 Å². The second-order valence-corrected chi connectivity index (χ2v) is 9.99. The lowest BCUT2D eigenvalue weighted by Gasteiger charge is -2.19. The molecule has 0 radical (unpaired) electrons.